The zero-order chi connectivity index (χ0) is 20.8. The van der Waals surface area contributed by atoms with E-state index in [1.54, 1.807) is 25.3 Å². The number of nitrogens with one attached hydrogen (secondary N) is 2. The summed E-state index contributed by atoms with van der Waals surface area (Å²) in [6.45, 7) is 1.71. The molecule has 0 fully saturated rings. The number of benzene rings is 2. The SMILES string of the molecule is Cc1cc2c(C#N)c(-c3cc(Cl)c4[nH]ncc4c3)c(-c3ccccc3)nc2[nH]c1=O. The lowest BCUT2D eigenvalue weighted by Gasteiger charge is -2.15. The summed E-state index contributed by atoms with van der Waals surface area (Å²) in [7, 11) is 0. The number of hydrogen-bond acceptors (Lipinski definition) is 4. The van der Waals surface area contributed by atoms with Crippen LogP contribution in [0.1, 0.15) is 11.1 Å². The fraction of sp³-hybridized carbons (Fsp3) is 0.0435. The average Bonchev–Trinajstić information content (AvgIpc) is 3.23. The molecule has 6 nitrogen and oxygen atoms in total. The molecule has 0 radical (unpaired) electrons. The van der Waals surface area contributed by atoms with E-state index >= 15 is 0 Å². The van der Waals surface area contributed by atoms with Crippen LogP contribution in [0.5, 0.6) is 0 Å². The summed E-state index contributed by atoms with van der Waals surface area (Å²) in [5, 5.41) is 19.0. The summed E-state index contributed by atoms with van der Waals surface area (Å²) >= 11 is 6.49. The maximum Gasteiger partial charge on any atom is 0.252 e. The van der Waals surface area contributed by atoms with Crippen LogP contribution >= 0.6 is 11.6 Å². The Labute approximate surface area is 175 Å². The van der Waals surface area contributed by atoms with Gasteiger partial charge >= 0.3 is 0 Å². The maximum atomic E-state index is 12.2. The molecule has 30 heavy (non-hydrogen) atoms. The van der Waals surface area contributed by atoms with Crippen LogP contribution in [-0.2, 0) is 0 Å². The second-order valence-corrected chi connectivity index (χ2v) is 7.43. The first-order chi connectivity index (χ1) is 14.6. The highest BCUT2D eigenvalue weighted by atomic mass is 35.5. The van der Waals surface area contributed by atoms with Crippen molar-refractivity contribution in [1.82, 2.24) is 20.2 Å². The Morgan fingerprint density at radius 1 is 1.10 bits per heavy atom. The molecule has 5 aromatic rings. The molecule has 0 unspecified atom stereocenters. The largest absolute Gasteiger partial charge is 0.306 e. The minimum absolute atomic E-state index is 0.228. The van der Waals surface area contributed by atoms with Gasteiger partial charge in [0.1, 0.15) is 11.7 Å². The normalized spacial score (nSPS) is 11.1. The molecule has 5 rings (SSSR count). The Morgan fingerprint density at radius 3 is 2.67 bits per heavy atom. The van der Waals surface area contributed by atoms with Gasteiger partial charge in [-0.15, -0.1) is 0 Å². The van der Waals surface area contributed by atoms with E-state index in [-0.39, 0.29) is 5.56 Å². The quantitative estimate of drug-likeness (QED) is 0.428. The highest BCUT2D eigenvalue weighted by Crippen LogP contribution is 2.39. The summed E-state index contributed by atoms with van der Waals surface area (Å²) < 4.78 is 0. The number of aromatic amines is 2. The van der Waals surface area contributed by atoms with Gasteiger partial charge in [0.2, 0.25) is 0 Å². The highest BCUT2D eigenvalue weighted by molar-refractivity contribution is 6.35. The van der Waals surface area contributed by atoms with Crippen molar-refractivity contribution in [2.24, 2.45) is 0 Å². The molecule has 0 aliphatic rings. The molecule has 0 saturated carbocycles. The molecule has 0 saturated heterocycles. The van der Waals surface area contributed by atoms with Crippen molar-refractivity contribution in [3.05, 3.63) is 81.2 Å². The Morgan fingerprint density at radius 2 is 1.90 bits per heavy atom. The van der Waals surface area contributed by atoms with Crippen molar-refractivity contribution < 1.29 is 0 Å². The van der Waals surface area contributed by atoms with Gasteiger partial charge in [-0.3, -0.25) is 9.89 Å². The molecule has 2 N–H and O–H groups in total. The number of pyridine rings is 2. The van der Waals surface area contributed by atoms with Gasteiger partial charge in [0.15, 0.2) is 0 Å². The number of fused-ring (bicyclic) bond motifs is 2. The second kappa shape index (κ2) is 6.83. The molecule has 0 amide bonds. The zero-order valence-corrected chi connectivity index (χ0v) is 16.6. The fourth-order valence-corrected chi connectivity index (χ4v) is 3.95. The number of halogens is 1. The monoisotopic (exact) mass is 411 g/mol. The molecular weight excluding hydrogens is 398 g/mol. The third-order valence-electron chi connectivity index (χ3n) is 5.13. The van der Waals surface area contributed by atoms with E-state index < -0.39 is 0 Å². The Hall–Kier alpha value is -3.95. The van der Waals surface area contributed by atoms with Gasteiger partial charge in [-0.25, -0.2) is 4.98 Å². The number of aryl methyl sites for hydroxylation is 1. The molecule has 3 heterocycles. The van der Waals surface area contributed by atoms with Gasteiger partial charge < -0.3 is 4.98 Å². The molecule has 0 spiro atoms. The number of nitriles is 1. The molecule has 0 aliphatic carbocycles. The van der Waals surface area contributed by atoms with Crippen LogP contribution in [0.2, 0.25) is 5.02 Å². The van der Waals surface area contributed by atoms with Crippen molar-refractivity contribution >= 4 is 33.5 Å². The molecule has 0 bridgehead atoms. The average molecular weight is 412 g/mol. The van der Waals surface area contributed by atoms with Gasteiger partial charge in [-0.1, -0.05) is 41.9 Å². The minimum atomic E-state index is -0.228. The minimum Gasteiger partial charge on any atom is -0.306 e. The van der Waals surface area contributed by atoms with Crippen LogP contribution in [0.15, 0.2) is 59.5 Å². The van der Waals surface area contributed by atoms with Crippen LogP contribution in [0, 0.1) is 18.3 Å². The molecule has 3 aromatic heterocycles. The van der Waals surface area contributed by atoms with Crippen LogP contribution in [0.25, 0.3) is 44.3 Å². The molecule has 2 aromatic carbocycles. The number of nitrogens with zero attached hydrogens (tertiary/aromatic N) is 3. The van der Waals surface area contributed by atoms with E-state index in [2.05, 4.69) is 21.3 Å². The lowest BCUT2D eigenvalue weighted by molar-refractivity contribution is 1.12. The third kappa shape index (κ3) is 2.76. The van der Waals surface area contributed by atoms with Crippen molar-refractivity contribution in [2.75, 3.05) is 0 Å². The summed E-state index contributed by atoms with van der Waals surface area (Å²) in [5.74, 6) is 0. The Bertz CT molecular complexity index is 1540. The summed E-state index contributed by atoms with van der Waals surface area (Å²) in [5.41, 5.74) is 4.66. The smallest absolute Gasteiger partial charge is 0.252 e. The summed E-state index contributed by atoms with van der Waals surface area (Å²) in [4.78, 5) is 19.7. The van der Waals surface area contributed by atoms with Gasteiger partial charge in [-0.2, -0.15) is 10.4 Å². The lowest BCUT2D eigenvalue weighted by atomic mass is 9.92. The summed E-state index contributed by atoms with van der Waals surface area (Å²) in [6, 6.07) is 17.3. The zero-order valence-electron chi connectivity index (χ0n) is 15.8. The predicted octanol–water partition coefficient (Wildman–Crippen LogP) is 4.97. The van der Waals surface area contributed by atoms with Gasteiger partial charge in [0.25, 0.3) is 5.56 Å². The van der Waals surface area contributed by atoms with E-state index in [0.29, 0.717) is 38.4 Å². The van der Waals surface area contributed by atoms with Crippen molar-refractivity contribution in [1.29, 1.82) is 5.26 Å². The van der Waals surface area contributed by atoms with E-state index in [0.717, 1.165) is 22.0 Å². The molecule has 144 valence electrons. The topological polar surface area (TPSA) is 98.2 Å². The van der Waals surface area contributed by atoms with Gasteiger partial charge in [0, 0.05) is 27.5 Å². The Kier molecular flexibility index (Phi) is 4.12. The standard InChI is InChI=1S/C23H14ClN5O/c1-12-7-16-17(10-25)19(14-8-15-11-26-29-20(15)18(24)9-14)21(13-5-3-2-4-6-13)27-22(16)28-23(12)30/h2-9,11H,1H3,(H,26,29)(H,27,28,30). The van der Waals surface area contributed by atoms with Gasteiger partial charge in [0.05, 0.1) is 28.0 Å². The fourth-order valence-electron chi connectivity index (χ4n) is 3.68. The molecule has 0 aliphatic heterocycles. The first-order valence-corrected chi connectivity index (χ1v) is 9.61. The van der Waals surface area contributed by atoms with E-state index in [1.165, 1.54) is 0 Å². The molecular formula is C23H14ClN5O. The third-order valence-corrected chi connectivity index (χ3v) is 5.43. The highest BCUT2D eigenvalue weighted by Gasteiger charge is 2.20. The predicted molar refractivity (Wildman–Crippen MR) is 117 cm³/mol. The van der Waals surface area contributed by atoms with Crippen molar-refractivity contribution in [3.8, 4) is 28.5 Å². The van der Waals surface area contributed by atoms with Gasteiger partial charge in [-0.05, 0) is 30.7 Å². The van der Waals surface area contributed by atoms with E-state index in [1.807, 2.05) is 36.4 Å². The Balaban J connectivity index is 1.97. The number of rotatable bonds is 2. The van der Waals surface area contributed by atoms with Crippen molar-refractivity contribution in [3.63, 3.8) is 0 Å². The van der Waals surface area contributed by atoms with E-state index in [4.69, 9.17) is 16.6 Å². The molecule has 0 atom stereocenters. The second-order valence-electron chi connectivity index (χ2n) is 7.02. The van der Waals surface area contributed by atoms with Crippen molar-refractivity contribution in [2.45, 2.75) is 6.92 Å². The summed E-state index contributed by atoms with van der Waals surface area (Å²) in [6.07, 6.45) is 1.69. The lowest BCUT2D eigenvalue weighted by Crippen LogP contribution is -2.11. The van der Waals surface area contributed by atoms with Crippen LogP contribution in [-0.4, -0.2) is 20.2 Å². The number of H-pyrrole nitrogens is 2. The number of aromatic nitrogens is 4. The van der Waals surface area contributed by atoms with Crippen LogP contribution in [0.4, 0.5) is 0 Å². The first kappa shape index (κ1) is 18.1. The van der Waals surface area contributed by atoms with Crippen LogP contribution < -0.4 is 5.56 Å². The number of hydrogen-bond donors (Lipinski definition) is 2. The maximum absolute atomic E-state index is 12.2. The van der Waals surface area contributed by atoms with E-state index in [9.17, 15) is 10.1 Å². The first-order valence-electron chi connectivity index (χ1n) is 9.23. The molecule has 7 heteroatoms. The van der Waals surface area contributed by atoms with Crippen LogP contribution in [0.3, 0.4) is 0 Å².